The number of likely N-dealkylation sites (tertiary alicyclic amines) is 1. The molecule has 0 amide bonds. The molecule has 1 aliphatic rings. The largest absolute Gasteiger partial charge is 0.468 e. The fraction of sp³-hybridized carbons (Fsp3) is 0.929. The van der Waals surface area contributed by atoms with Crippen LogP contribution < -0.4 is 5.32 Å². The Kier molecular flexibility index (Phi) is 6.65. The van der Waals surface area contributed by atoms with Gasteiger partial charge in [0.25, 0.3) is 0 Å². The van der Waals surface area contributed by atoms with Gasteiger partial charge in [-0.15, -0.1) is 0 Å². The van der Waals surface area contributed by atoms with Gasteiger partial charge in [0.05, 0.1) is 7.11 Å². The molecule has 0 bridgehead atoms. The highest BCUT2D eigenvalue weighted by Crippen LogP contribution is 2.20. The second-order valence-electron chi connectivity index (χ2n) is 5.60. The number of nitrogens with one attached hydrogen (secondary N) is 1. The van der Waals surface area contributed by atoms with Gasteiger partial charge in [0.15, 0.2) is 0 Å². The van der Waals surface area contributed by atoms with Crippen LogP contribution in [-0.4, -0.2) is 49.7 Å². The van der Waals surface area contributed by atoms with Gasteiger partial charge in [-0.3, -0.25) is 4.79 Å². The Morgan fingerprint density at radius 2 is 2.22 bits per heavy atom. The number of nitrogens with zero attached hydrogens (tertiary/aromatic N) is 1. The molecule has 1 saturated heterocycles. The molecule has 0 aliphatic carbocycles. The Bertz CT molecular complexity index is 256. The Balaban J connectivity index is 2.43. The maximum Gasteiger partial charge on any atom is 0.324 e. The quantitative estimate of drug-likeness (QED) is 0.703. The summed E-state index contributed by atoms with van der Waals surface area (Å²) in [6.07, 6.45) is 3.82. The molecule has 106 valence electrons. The molecule has 0 saturated carbocycles. The van der Waals surface area contributed by atoms with Gasteiger partial charge in [-0.05, 0) is 25.3 Å². The minimum absolute atomic E-state index is 0.150. The molecule has 4 nitrogen and oxygen atoms in total. The zero-order chi connectivity index (χ0) is 13.5. The van der Waals surface area contributed by atoms with E-state index in [1.807, 2.05) is 0 Å². The van der Waals surface area contributed by atoms with Crippen LogP contribution in [0.25, 0.3) is 0 Å². The SMILES string of the molecule is CCCC1CCN(CC(NC(C)C)C(=O)OC)C1. The highest BCUT2D eigenvalue weighted by Gasteiger charge is 2.27. The van der Waals surface area contributed by atoms with Gasteiger partial charge < -0.3 is 15.0 Å². The predicted octanol–water partition coefficient (Wildman–Crippen LogP) is 1.65. The Labute approximate surface area is 111 Å². The van der Waals surface area contributed by atoms with Crippen LogP contribution >= 0.6 is 0 Å². The number of hydrogen-bond donors (Lipinski definition) is 1. The average Bonchev–Trinajstić information content (AvgIpc) is 2.75. The van der Waals surface area contributed by atoms with E-state index in [9.17, 15) is 4.79 Å². The lowest BCUT2D eigenvalue weighted by Crippen LogP contribution is -2.48. The molecule has 1 N–H and O–H groups in total. The van der Waals surface area contributed by atoms with Gasteiger partial charge >= 0.3 is 5.97 Å². The molecule has 2 atom stereocenters. The molecule has 18 heavy (non-hydrogen) atoms. The highest BCUT2D eigenvalue weighted by atomic mass is 16.5. The van der Waals surface area contributed by atoms with Crippen LogP contribution in [0.4, 0.5) is 0 Å². The van der Waals surface area contributed by atoms with E-state index in [1.54, 1.807) is 0 Å². The number of carbonyl (C=O) groups is 1. The Morgan fingerprint density at radius 1 is 1.50 bits per heavy atom. The minimum atomic E-state index is -0.199. The molecule has 1 aliphatic heterocycles. The molecule has 0 aromatic carbocycles. The zero-order valence-electron chi connectivity index (χ0n) is 12.2. The maximum absolute atomic E-state index is 11.7. The first-order valence-electron chi connectivity index (χ1n) is 7.13. The maximum atomic E-state index is 11.7. The summed E-state index contributed by atoms with van der Waals surface area (Å²) in [5.41, 5.74) is 0. The monoisotopic (exact) mass is 256 g/mol. The lowest BCUT2D eigenvalue weighted by Gasteiger charge is -2.24. The van der Waals surface area contributed by atoms with Crippen molar-refractivity contribution in [2.45, 2.75) is 52.1 Å². The third-order valence-electron chi connectivity index (χ3n) is 3.53. The molecule has 0 radical (unpaired) electrons. The summed E-state index contributed by atoms with van der Waals surface area (Å²) in [7, 11) is 1.46. The summed E-state index contributed by atoms with van der Waals surface area (Å²) in [5, 5.41) is 3.29. The van der Waals surface area contributed by atoms with E-state index in [4.69, 9.17) is 4.74 Å². The summed E-state index contributed by atoms with van der Waals surface area (Å²) in [5.74, 6) is 0.662. The van der Waals surface area contributed by atoms with Crippen molar-refractivity contribution in [3.8, 4) is 0 Å². The molecular weight excluding hydrogens is 228 g/mol. The highest BCUT2D eigenvalue weighted by molar-refractivity contribution is 5.76. The number of carbonyl (C=O) groups excluding carboxylic acids is 1. The van der Waals surface area contributed by atoms with Crippen molar-refractivity contribution >= 4 is 5.97 Å². The molecule has 2 unspecified atom stereocenters. The summed E-state index contributed by atoms with van der Waals surface area (Å²) in [6, 6.07) is 0.0959. The fourth-order valence-electron chi connectivity index (χ4n) is 2.72. The van der Waals surface area contributed by atoms with Gasteiger partial charge in [0.1, 0.15) is 6.04 Å². The fourth-order valence-corrected chi connectivity index (χ4v) is 2.72. The van der Waals surface area contributed by atoms with Gasteiger partial charge in [-0.25, -0.2) is 0 Å². The van der Waals surface area contributed by atoms with Crippen molar-refractivity contribution in [3.63, 3.8) is 0 Å². The van der Waals surface area contributed by atoms with Crippen LogP contribution in [-0.2, 0) is 9.53 Å². The van der Waals surface area contributed by atoms with Crippen LogP contribution in [0.2, 0.25) is 0 Å². The van der Waals surface area contributed by atoms with E-state index in [-0.39, 0.29) is 12.0 Å². The Hall–Kier alpha value is -0.610. The lowest BCUT2D eigenvalue weighted by atomic mass is 10.0. The number of esters is 1. The minimum Gasteiger partial charge on any atom is -0.468 e. The molecule has 4 heteroatoms. The van der Waals surface area contributed by atoms with Crippen LogP contribution in [0.1, 0.15) is 40.0 Å². The predicted molar refractivity (Wildman–Crippen MR) is 73.5 cm³/mol. The van der Waals surface area contributed by atoms with Crippen molar-refractivity contribution in [1.82, 2.24) is 10.2 Å². The second kappa shape index (κ2) is 7.74. The van der Waals surface area contributed by atoms with Crippen molar-refractivity contribution in [3.05, 3.63) is 0 Å². The van der Waals surface area contributed by atoms with Crippen LogP contribution in [0.3, 0.4) is 0 Å². The van der Waals surface area contributed by atoms with Crippen LogP contribution in [0.15, 0.2) is 0 Å². The van der Waals surface area contributed by atoms with Gasteiger partial charge in [0.2, 0.25) is 0 Å². The van der Waals surface area contributed by atoms with Gasteiger partial charge in [-0.2, -0.15) is 0 Å². The van der Waals surface area contributed by atoms with E-state index in [1.165, 1.54) is 26.4 Å². The first kappa shape index (κ1) is 15.4. The number of hydrogen-bond acceptors (Lipinski definition) is 4. The van der Waals surface area contributed by atoms with Crippen molar-refractivity contribution in [2.24, 2.45) is 5.92 Å². The van der Waals surface area contributed by atoms with E-state index in [2.05, 4.69) is 31.0 Å². The van der Waals surface area contributed by atoms with E-state index >= 15 is 0 Å². The van der Waals surface area contributed by atoms with Crippen molar-refractivity contribution in [1.29, 1.82) is 0 Å². The van der Waals surface area contributed by atoms with Gasteiger partial charge in [-0.1, -0.05) is 27.2 Å². The van der Waals surface area contributed by atoms with Crippen LogP contribution in [0.5, 0.6) is 0 Å². The number of ether oxygens (including phenoxy) is 1. The van der Waals surface area contributed by atoms with E-state index in [0.717, 1.165) is 25.6 Å². The molecule has 0 spiro atoms. The topological polar surface area (TPSA) is 41.6 Å². The molecule has 0 aromatic rings. The van der Waals surface area contributed by atoms with Crippen molar-refractivity contribution < 1.29 is 9.53 Å². The summed E-state index contributed by atoms with van der Waals surface area (Å²) in [6.45, 7) is 9.35. The third-order valence-corrected chi connectivity index (χ3v) is 3.53. The first-order chi connectivity index (χ1) is 8.56. The Morgan fingerprint density at radius 3 is 2.78 bits per heavy atom. The molecule has 1 heterocycles. The van der Waals surface area contributed by atoms with Crippen LogP contribution in [0, 0.1) is 5.92 Å². The standard InChI is InChI=1S/C14H28N2O2/c1-5-6-12-7-8-16(9-12)10-13(14(17)18-4)15-11(2)3/h11-13,15H,5-10H2,1-4H3. The summed E-state index contributed by atoms with van der Waals surface area (Å²) < 4.78 is 4.87. The third kappa shape index (κ3) is 4.94. The normalized spacial score (nSPS) is 22.4. The average molecular weight is 256 g/mol. The van der Waals surface area contributed by atoms with E-state index in [0.29, 0.717) is 6.04 Å². The first-order valence-corrected chi connectivity index (χ1v) is 7.13. The zero-order valence-corrected chi connectivity index (χ0v) is 12.2. The summed E-state index contributed by atoms with van der Waals surface area (Å²) in [4.78, 5) is 14.1. The summed E-state index contributed by atoms with van der Waals surface area (Å²) >= 11 is 0. The van der Waals surface area contributed by atoms with Crippen molar-refractivity contribution in [2.75, 3.05) is 26.7 Å². The number of methoxy groups -OCH3 is 1. The van der Waals surface area contributed by atoms with Gasteiger partial charge in [0, 0.05) is 19.1 Å². The smallest absolute Gasteiger partial charge is 0.324 e. The number of rotatable bonds is 7. The molecular formula is C14H28N2O2. The van der Waals surface area contributed by atoms with E-state index < -0.39 is 0 Å². The molecule has 1 fully saturated rings. The lowest BCUT2D eigenvalue weighted by molar-refractivity contribution is -0.143. The second-order valence-corrected chi connectivity index (χ2v) is 5.60. The molecule has 0 aromatic heterocycles. The molecule has 1 rings (SSSR count).